The van der Waals surface area contributed by atoms with Crippen molar-refractivity contribution in [1.82, 2.24) is 15.2 Å². The van der Waals surface area contributed by atoms with E-state index >= 15 is 0 Å². The molecule has 0 bridgehead atoms. The maximum absolute atomic E-state index is 12.8. The maximum atomic E-state index is 12.8. The van der Waals surface area contributed by atoms with Gasteiger partial charge in [0.05, 0.1) is 23.2 Å². The molecule has 2 aromatic rings. The fraction of sp³-hybridized carbons (Fsp3) is 0.389. The lowest BCUT2D eigenvalue weighted by molar-refractivity contribution is -0.119. The Morgan fingerprint density at radius 1 is 1.38 bits per heavy atom. The van der Waals surface area contributed by atoms with Crippen molar-refractivity contribution in [1.29, 1.82) is 0 Å². The highest BCUT2D eigenvalue weighted by Crippen LogP contribution is 2.34. The number of carbonyl (C=O) groups excluding carboxylic acids is 2. The van der Waals surface area contributed by atoms with E-state index in [0.717, 1.165) is 40.4 Å². The molecule has 1 atom stereocenters. The molecule has 1 aliphatic heterocycles. The van der Waals surface area contributed by atoms with Crippen LogP contribution in [0.4, 0.5) is 0 Å². The van der Waals surface area contributed by atoms with E-state index in [4.69, 9.17) is 0 Å². The van der Waals surface area contributed by atoms with Gasteiger partial charge in [0.15, 0.2) is 0 Å². The minimum atomic E-state index is -0.0760. The van der Waals surface area contributed by atoms with Gasteiger partial charge in [-0.2, -0.15) is 0 Å². The Hall–Kier alpha value is -2.21. The first kappa shape index (κ1) is 16.6. The molecular weight excluding hydrogens is 322 g/mol. The van der Waals surface area contributed by atoms with E-state index in [9.17, 15) is 9.59 Å². The topological polar surface area (TPSA) is 62.3 Å². The van der Waals surface area contributed by atoms with Crippen LogP contribution in [0.5, 0.6) is 0 Å². The number of amides is 2. The predicted molar refractivity (Wildman–Crippen MR) is 93.8 cm³/mol. The number of thiophene rings is 1. The zero-order chi connectivity index (χ0) is 17.1. The normalized spacial score (nSPS) is 17.1. The first-order valence-corrected chi connectivity index (χ1v) is 8.93. The molecule has 0 spiro atoms. The van der Waals surface area contributed by atoms with Crippen molar-refractivity contribution < 1.29 is 9.59 Å². The molecule has 1 N–H and O–H groups in total. The average Bonchev–Trinajstić information content (AvgIpc) is 3.21. The number of rotatable bonds is 4. The molecule has 0 radical (unpaired) electrons. The summed E-state index contributed by atoms with van der Waals surface area (Å²) in [6, 6.07) is 7.94. The third-order valence-corrected chi connectivity index (χ3v) is 5.20. The smallest absolute Gasteiger partial charge is 0.264 e. The Morgan fingerprint density at radius 3 is 2.92 bits per heavy atom. The predicted octanol–water partition coefficient (Wildman–Crippen LogP) is 3.06. The Labute approximate surface area is 145 Å². The molecule has 0 saturated carbocycles. The molecule has 126 valence electrons. The van der Waals surface area contributed by atoms with Crippen molar-refractivity contribution in [3.63, 3.8) is 0 Å². The number of nitrogens with zero attached hydrogens (tertiary/aromatic N) is 2. The van der Waals surface area contributed by atoms with Crippen molar-refractivity contribution in [2.45, 2.75) is 39.3 Å². The summed E-state index contributed by atoms with van der Waals surface area (Å²) in [4.78, 5) is 32.1. The van der Waals surface area contributed by atoms with Crippen molar-refractivity contribution >= 4 is 23.2 Å². The third-order valence-electron chi connectivity index (χ3n) is 4.21. The van der Waals surface area contributed by atoms with Crippen LogP contribution in [0.15, 0.2) is 30.5 Å². The summed E-state index contributed by atoms with van der Waals surface area (Å²) in [7, 11) is 0. The second-order valence-corrected chi connectivity index (χ2v) is 7.35. The maximum Gasteiger partial charge on any atom is 0.264 e. The summed E-state index contributed by atoms with van der Waals surface area (Å²) in [5, 5.41) is 2.76. The summed E-state index contributed by atoms with van der Waals surface area (Å²) in [6.45, 7) is 4.70. The van der Waals surface area contributed by atoms with Crippen molar-refractivity contribution in [2.24, 2.45) is 0 Å². The summed E-state index contributed by atoms with van der Waals surface area (Å²) < 4.78 is 0. The molecule has 5 nitrogen and oxygen atoms in total. The molecule has 6 heteroatoms. The number of hydrogen-bond donors (Lipinski definition) is 1. The standard InChI is InChI=1S/C18H21N3O2S/c1-12-5-6-17(24-12)18(23)21-9-3-4-16(21)14-7-8-19-15(10-14)11-20-13(2)22/h5-8,10,16H,3-4,9,11H2,1-2H3,(H,20,22)/t16-/m1/s1. The van der Waals surface area contributed by atoms with Crippen LogP contribution in [0.2, 0.25) is 0 Å². The monoisotopic (exact) mass is 343 g/mol. The Morgan fingerprint density at radius 2 is 2.21 bits per heavy atom. The first-order valence-electron chi connectivity index (χ1n) is 8.11. The van der Waals surface area contributed by atoms with Crippen LogP contribution < -0.4 is 5.32 Å². The fourth-order valence-corrected chi connectivity index (χ4v) is 3.89. The number of hydrogen-bond acceptors (Lipinski definition) is 4. The van der Waals surface area contributed by atoms with Gasteiger partial charge in [0.2, 0.25) is 5.91 Å². The first-order chi connectivity index (χ1) is 11.5. The molecule has 3 heterocycles. The lowest BCUT2D eigenvalue weighted by Crippen LogP contribution is -2.30. The van der Waals surface area contributed by atoms with Crippen molar-refractivity contribution in [3.05, 3.63) is 51.5 Å². The van der Waals surface area contributed by atoms with Gasteiger partial charge >= 0.3 is 0 Å². The Kier molecular flexibility index (Phi) is 4.94. The van der Waals surface area contributed by atoms with Gasteiger partial charge in [-0.25, -0.2) is 0 Å². The number of likely N-dealkylation sites (tertiary alicyclic amines) is 1. The van der Waals surface area contributed by atoms with Crippen molar-refractivity contribution in [2.75, 3.05) is 6.54 Å². The third kappa shape index (κ3) is 3.64. The molecule has 0 aromatic carbocycles. The summed E-state index contributed by atoms with van der Waals surface area (Å²) in [5.74, 6) is 0.0313. The minimum Gasteiger partial charge on any atom is -0.351 e. The second kappa shape index (κ2) is 7.13. The van der Waals surface area contributed by atoms with Gasteiger partial charge in [-0.05, 0) is 49.6 Å². The number of pyridine rings is 1. The summed E-state index contributed by atoms with van der Waals surface area (Å²) in [5.41, 5.74) is 1.90. The lowest BCUT2D eigenvalue weighted by atomic mass is 10.0. The molecular formula is C18H21N3O2S. The van der Waals surface area contributed by atoms with Crippen LogP contribution >= 0.6 is 11.3 Å². The SMILES string of the molecule is CC(=O)NCc1cc([C@H]2CCCN2C(=O)c2ccc(C)s2)ccn1. The number of nitrogens with one attached hydrogen (secondary N) is 1. The Balaban J connectivity index is 1.79. The molecule has 0 aliphatic carbocycles. The van der Waals surface area contributed by atoms with Crippen LogP contribution in [0.25, 0.3) is 0 Å². The van der Waals surface area contributed by atoms with Gasteiger partial charge < -0.3 is 10.2 Å². The Bertz CT molecular complexity index is 756. The number of aromatic nitrogens is 1. The molecule has 1 aliphatic rings. The highest BCUT2D eigenvalue weighted by atomic mass is 32.1. The number of carbonyl (C=O) groups is 2. The highest BCUT2D eigenvalue weighted by molar-refractivity contribution is 7.13. The van der Waals surface area contributed by atoms with Gasteiger partial charge in [-0.15, -0.1) is 11.3 Å². The van der Waals surface area contributed by atoms with Crippen LogP contribution in [-0.2, 0) is 11.3 Å². The molecule has 2 aromatic heterocycles. The molecule has 0 unspecified atom stereocenters. The average molecular weight is 343 g/mol. The molecule has 24 heavy (non-hydrogen) atoms. The van der Waals surface area contributed by atoms with Gasteiger partial charge in [0.25, 0.3) is 5.91 Å². The minimum absolute atomic E-state index is 0.0760. The zero-order valence-electron chi connectivity index (χ0n) is 13.9. The quantitative estimate of drug-likeness (QED) is 0.928. The highest BCUT2D eigenvalue weighted by Gasteiger charge is 2.31. The van der Waals surface area contributed by atoms with Crippen LogP contribution in [0, 0.1) is 6.92 Å². The van der Waals surface area contributed by atoms with Crippen LogP contribution in [0.3, 0.4) is 0 Å². The molecule has 2 amide bonds. The molecule has 3 rings (SSSR count). The van der Waals surface area contributed by atoms with E-state index < -0.39 is 0 Å². The van der Waals surface area contributed by atoms with E-state index in [1.54, 1.807) is 17.5 Å². The van der Waals surface area contributed by atoms with Crippen molar-refractivity contribution in [3.8, 4) is 0 Å². The van der Waals surface area contributed by atoms with Gasteiger partial charge in [-0.3, -0.25) is 14.6 Å². The van der Waals surface area contributed by atoms with E-state index in [1.807, 2.05) is 36.1 Å². The van der Waals surface area contributed by atoms with E-state index in [1.165, 1.54) is 6.92 Å². The molecule has 1 saturated heterocycles. The van der Waals surface area contributed by atoms with Gasteiger partial charge in [-0.1, -0.05) is 0 Å². The summed E-state index contributed by atoms with van der Waals surface area (Å²) >= 11 is 1.54. The van der Waals surface area contributed by atoms with E-state index in [-0.39, 0.29) is 17.9 Å². The fourth-order valence-electron chi connectivity index (χ4n) is 3.06. The van der Waals surface area contributed by atoms with Crippen LogP contribution in [-0.4, -0.2) is 28.2 Å². The summed E-state index contributed by atoms with van der Waals surface area (Å²) in [6.07, 6.45) is 3.71. The second-order valence-electron chi connectivity index (χ2n) is 6.06. The number of aryl methyl sites for hydroxylation is 1. The van der Waals surface area contributed by atoms with Crippen LogP contribution in [0.1, 0.15) is 51.6 Å². The zero-order valence-corrected chi connectivity index (χ0v) is 14.7. The van der Waals surface area contributed by atoms with E-state index in [2.05, 4.69) is 10.3 Å². The van der Waals surface area contributed by atoms with Gasteiger partial charge in [0, 0.05) is 24.5 Å². The van der Waals surface area contributed by atoms with E-state index in [0.29, 0.717) is 6.54 Å². The lowest BCUT2D eigenvalue weighted by Gasteiger charge is -2.25. The largest absolute Gasteiger partial charge is 0.351 e. The van der Waals surface area contributed by atoms with Gasteiger partial charge in [0.1, 0.15) is 0 Å². The molecule has 1 fully saturated rings.